The molecule has 0 amide bonds. The molecule has 0 fully saturated rings. The van der Waals surface area contributed by atoms with Gasteiger partial charge in [-0.2, -0.15) is 0 Å². The molecular weight excluding hydrogens is 328 g/mol. The molecule has 0 atom stereocenters. The van der Waals surface area contributed by atoms with Gasteiger partial charge in [0.15, 0.2) is 0 Å². The number of hydrogen-bond acceptors (Lipinski definition) is 0. The fraction of sp³-hybridized carbons (Fsp3) is 0. The molecule has 2 heteroatoms. The molecule has 0 unspecified atom stereocenters. The van der Waals surface area contributed by atoms with Gasteiger partial charge in [-0.1, -0.05) is 46.0 Å². The number of benzene rings is 2. The van der Waals surface area contributed by atoms with Crippen LogP contribution in [0, 0.1) is 11.8 Å². The van der Waals surface area contributed by atoms with Crippen molar-refractivity contribution in [2.75, 3.05) is 0 Å². The SMILES string of the molecule is Brc1ccc(C#Cc2ccccc2)c(Br)c1. The Morgan fingerprint density at radius 2 is 1.56 bits per heavy atom. The summed E-state index contributed by atoms with van der Waals surface area (Å²) in [4.78, 5) is 0. The molecule has 0 saturated carbocycles. The maximum atomic E-state index is 3.49. The molecule has 0 N–H and O–H groups in total. The lowest BCUT2D eigenvalue weighted by Crippen LogP contribution is -1.78. The van der Waals surface area contributed by atoms with Gasteiger partial charge in [0.25, 0.3) is 0 Å². The summed E-state index contributed by atoms with van der Waals surface area (Å²) in [6, 6.07) is 15.9. The van der Waals surface area contributed by atoms with E-state index in [1.54, 1.807) is 0 Å². The van der Waals surface area contributed by atoms with E-state index in [9.17, 15) is 0 Å². The first-order valence-corrected chi connectivity index (χ1v) is 6.36. The van der Waals surface area contributed by atoms with Crippen LogP contribution in [0.2, 0.25) is 0 Å². The first-order chi connectivity index (χ1) is 7.75. The molecule has 2 aromatic carbocycles. The van der Waals surface area contributed by atoms with E-state index in [0.717, 1.165) is 20.1 Å². The molecule has 0 nitrogen and oxygen atoms in total. The van der Waals surface area contributed by atoms with Crippen molar-refractivity contribution >= 4 is 31.9 Å². The topological polar surface area (TPSA) is 0 Å². The fourth-order valence-corrected chi connectivity index (χ4v) is 2.40. The van der Waals surface area contributed by atoms with Crippen molar-refractivity contribution < 1.29 is 0 Å². The highest BCUT2D eigenvalue weighted by atomic mass is 79.9. The summed E-state index contributed by atoms with van der Waals surface area (Å²) in [7, 11) is 0. The molecule has 0 aliphatic heterocycles. The van der Waals surface area contributed by atoms with Crippen LogP contribution >= 0.6 is 31.9 Å². The van der Waals surface area contributed by atoms with Gasteiger partial charge in [-0.15, -0.1) is 0 Å². The molecular formula is C14H8Br2. The predicted octanol–water partition coefficient (Wildman–Crippen LogP) is 4.61. The third-order valence-corrected chi connectivity index (χ3v) is 3.20. The molecule has 0 bridgehead atoms. The van der Waals surface area contributed by atoms with E-state index in [4.69, 9.17) is 0 Å². The summed E-state index contributed by atoms with van der Waals surface area (Å²) in [5.41, 5.74) is 2.02. The normalized spacial score (nSPS) is 9.38. The highest BCUT2D eigenvalue weighted by molar-refractivity contribution is 9.11. The minimum absolute atomic E-state index is 0.993. The van der Waals surface area contributed by atoms with E-state index < -0.39 is 0 Å². The molecule has 78 valence electrons. The maximum Gasteiger partial charge on any atom is 0.0392 e. The molecule has 16 heavy (non-hydrogen) atoms. The Hall–Kier alpha value is -1.04. The maximum absolute atomic E-state index is 3.49. The zero-order valence-corrected chi connectivity index (χ0v) is 11.5. The zero-order valence-electron chi connectivity index (χ0n) is 8.37. The summed E-state index contributed by atoms with van der Waals surface area (Å²) >= 11 is 6.90. The van der Waals surface area contributed by atoms with Gasteiger partial charge in [0.1, 0.15) is 0 Å². The van der Waals surface area contributed by atoms with Crippen LogP contribution in [0.3, 0.4) is 0 Å². The largest absolute Gasteiger partial charge is 0.0622 e. The molecule has 0 aliphatic rings. The minimum Gasteiger partial charge on any atom is -0.0622 e. The average molecular weight is 336 g/mol. The zero-order chi connectivity index (χ0) is 11.4. The van der Waals surface area contributed by atoms with Gasteiger partial charge in [0.05, 0.1) is 0 Å². The number of halogens is 2. The molecule has 0 radical (unpaired) electrons. The van der Waals surface area contributed by atoms with Gasteiger partial charge >= 0.3 is 0 Å². The Morgan fingerprint density at radius 3 is 2.25 bits per heavy atom. The fourth-order valence-electron chi connectivity index (χ4n) is 1.25. The first-order valence-electron chi connectivity index (χ1n) is 4.78. The Kier molecular flexibility index (Phi) is 3.82. The summed E-state index contributed by atoms with van der Waals surface area (Å²) < 4.78 is 2.05. The van der Waals surface area contributed by atoms with Crippen molar-refractivity contribution in [3.8, 4) is 11.8 Å². The summed E-state index contributed by atoms with van der Waals surface area (Å²) in [6.45, 7) is 0. The first kappa shape index (κ1) is 11.4. The molecule has 0 aromatic heterocycles. The van der Waals surface area contributed by atoms with E-state index in [1.165, 1.54) is 0 Å². The monoisotopic (exact) mass is 334 g/mol. The minimum atomic E-state index is 0.993. The van der Waals surface area contributed by atoms with Gasteiger partial charge in [0, 0.05) is 20.1 Å². The van der Waals surface area contributed by atoms with Gasteiger partial charge in [-0.3, -0.25) is 0 Å². The van der Waals surface area contributed by atoms with Crippen molar-refractivity contribution in [3.63, 3.8) is 0 Å². The second kappa shape index (κ2) is 5.34. The van der Waals surface area contributed by atoms with Crippen molar-refractivity contribution in [1.29, 1.82) is 0 Å². The highest BCUT2D eigenvalue weighted by Gasteiger charge is 1.96. The van der Waals surface area contributed by atoms with Crippen molar-refractivity contribution in [2.45, 2.75) is 0 Å². The van der Waals surface area contributed by atoms with Crippen molar-refractivity contribution in [2.24, 2.45) is 0 Å². The third-order valence-electron chi connectivity index (χ3n) is 2.05. The van der Waals surface area contributed by atoms with E-state index in [0.29, 0.717) is 0 Å². The lowest BCUT2D eigenvalue weighted by Gasteiger charge is -1.96. The molecule has 0 saturated heterocycles. The molecule has 0 aliphatic carbocycles. The molecule has 2 aromatic rings. The van der Waals surface area contributed by atoms with Crippen LogP contribution in [0.5, 0.6) is 0 Å². The van der Waals surface area contributed by atoms with E-state index in [-0.39, 0.29) is 0 Å². The van der Waals surface area contributed by atoms with Crippen LogP contribution in [-0.2, 0) is 0 Å². The summed E-state index contributed by atoms with van der Waals surface area (Å²) in [5.74, 6) is 6.26. The van der Waals surface area contributed by atoms with Gasteiger partial charge in [-0.25, -0.2) is 0 Å². The van der Waals surface area contributed by atoms with E-state index in [2.05, 4.69) is 43.7 Å². The van der Waals surface area contributed by atoms with Crippen molar-refractivity contribution in [3.05, 3.63) is 68.6 Å². The number of rotatable bonds is 0. The Bertz CT molecular complexity index is 548. The van der Waals surface area contributed by atoms with Gasteiger partial charge < -0.3 is 0 Å². The second-order valence-corrected chi connectivity index (χ2v) is 5.01. The molecule has 0 spiro atoms. The van der Waals surface area contributed by atoms with Crippen molar-refractivity contribution in [1.82, 2.24) is 0 Å². The lowest BCUT2D eigenvalue weighted by atomic mass is 10.2. The van der Waals surface area contributed by atoms with Gasteiger partial charge in [-0.05, 0) is 46.3 Å². The van der Waals surface area contributed by atoms with Crippen LogP contribution in [0.25, 0.3) is 0 Å². The Morgan fingerprint density at radius 1 is 0.812 bits per heavy atom. The second-order valence-electron chi connectivity index (χ2n) is 3.24. The third kappa shape index (κ3) is 2.98. The number of hydrogen-bond donors (Lipinski definition) is 0. The summed E-state index contributed by atoms with van der Waals surface area (Å²) in [6.07, 6.45) is 0. The molecule has 2 rings (SSSR count). The van der Waals surface area contributed by atoms with Crippen LogP contribution in [-0.4, -0.2) is 0 Å². The lowest BCUT2D eigenvalue weighted by molar-refractivity contribution is 1.55. The standard InChI is InChI=1S/C14H8Br2/c15-13-9-8-12(14(16)10-13)7-6-11-4-2-1-3-5-11/h1-5,8-10H. The summed E-state index contributed by atoms with van der Waals surface area (Å²) in [5, 5.41) is 0. The van der Waals surface area contributed by atoms with E-state index in [1.807, 2.05) is 48.5 Å². The van der Waals surface area contributed by atoms with Crippen LogP contribution < -0.4 is 0 Å². The smallest absolute Gasteiger partial charge is 0.0392 e. The van der Waals surface area contributed by atoms with Crippen LogP contribution in [0.15, 0.2) is 57.5 Å². The Labute approximate surface area is 112 Å². The average Bonchev–Trinajstić information content (AvgIpc) is 2.29. The Balaban J connectivity index is 2.31. The molecule has 0 heterocycles. The van der Waals surface area contributed by atoms with Crippen LogP contribution in [0.4, 0.5) is 0 Å². The quantitative estimate of drug-likeness (QED) is 0.617. The van der Waals surface area contributed by atoms with E-state index >= 15 is 0 Å². The highest BCUT2D eigenvalue weighted by Crippen LogP contribution is 2.21. The van der Waals surface area contributed by atoms with Crippen LogP contribution in [0.1, 0.15) is 11.1 Å². The predicted molar refractivity (Wildman–Crippen MR) is 74.3 cm³/mol. The van der Waals surface area contributed by atoms with Gasteiger partial charge in [0.2, 0.25) is 0 Å².